The molecule has 0 atom stereocenters. The van der Waals surface area contributed by atoms with Gasteiger partial charge in [0.15, 0.2) is 0 Å². The van der Waals surface area contributed by atoms with Crippen molar-refractivity contribution in [3.63, 3.8) is 0 Å². The molecule has 0 radical (unpaired) electrons. The van der Waals surface area contributed by atoms with Crippen molar-refractivity contribution in [1.82, 2.24) is 0 Å². The van der Waals surface area contributed by atoms with Crippen LogP contribution in [0, 0.1) is 0 Å². The Bertz CT molecular complexity index is 964. The molecule has 0 aliphatic carbocycles. The largest absolute Gasteiger partial charge is 0.492 e. The molecule has 7 nitrogen and oxygen atoms in total. The fourth-order valence-electron chi connectivity index (χ4n) is 2.81. The zero-order chi connectivity index (χ0) is 20.8. The molecule has 29 heavy (non-hydrogen) atoms. The first-order valence-corrected chi connectivity index (χ1v) is 9.52. The van der Waals surface area contributed by atoms with Gasteiger partial charge in [0.1, 0.15) is 5.75 Å². The molecule has 3 rings (SSSR count). The zero-order valence-electron chi connectivity index (χ0n) is 16.7. The number of para-hydroxylation sites is 2. The van der Waals surface area contributed by atoms with Crippen LogP contribution in [0.25, 0.3) is 0 Å². The SMILES string of the molecule is CCOc1ccccc1N/C=C1\C(=O)N(c2ccc(NC(=O)CC)cc2)N=C1C. The second-order valence-corrected chi connectivity index (χ2v) is 6.38. The molecule has 2 amide bonds. The maximum absolute atomic E-state index is 12.9. The summed E-state index contributed by atoms with van der Waals surface area (Å²) in [6, 6.07) is 14.5. The molecular weight excluding hydrogens is 368 g/mol. The monoisotopic (exact) mass is 392 g/mol. The minimum Gasteiger partial charge on any atom is -0.492 e. The van der Waals surface area contributed by atoms with Crippen molar-refractivity contribution in [1.29, 1.82) is 0 Å². The predicted molar refractivity (Wildman–Crippen MR) is 115 cm³/mol. The molecule has 0 spiro atoms. The van der Waals surface area contributed by atoms with Crippen LogP contribution in [0.1, 0.15) is 27.2 Å². The highest BCUT2D eigenvalue weighted by molar-refractivity contribution is 6.29. The molecular formula is C22H24N4O3. The number of carbonyl (C=O) groups excluding carboxylic acids is 2. The average Bonchev–Trinajstić information content (AvgIpc) is 3.01. The van der Waals surface area contributed by atoms with E-state index < -0.39 is 0 Å². The highest BCUT2D eigenvalue weighted by Gasteiger charge is 2.28. The van der Waals surface area contributed by atoms with E-state index in [1.807, 2.05) is 31.2 Å². The number of amides is 2. The fraction of sp³-hybridized carbons (Fsp3) is 0.227. The van der Waals surface area contributed by atoms with Crippen molar-refractivity contribution in [3.05, 3.63) is 60.3 Å². The van der Waals surface area contributed by atoms with Gasteiger partial charge in [-0.25, -0.2) is 0 Å². The molecule has 0 bridgehead atoms. The van der Waals surface area contributed by atoms with E-state index in [0.717, 1.165) is 5.69 Å². The lowest BCUT2D eigenvalue weighted by Crippen LogP contribution is -2.21. The van der Waals surface area contributed by atoms with Gasteiger partial charge < -0.3 is 15.4 Å². The number of hydrogen-bond donors (Lipinski definition) is 2. The lowest BCUT2D eigenvalue weighted by atomic mass is 10.2. The van der Waals surface area contributed by atoms with Gasteiger partial charge in [0, 0.05) is 18.3 Å². The van der Waals surface area contributed by atoms with Crippen LogP contribution in [0.5, 0.6) is 5.75 Å². The topological polar surface area (TPSA) is 83.0 Å². The van der Waals surface area contributed by atoms with E-state index in [2.05, 4.69) is 15.7 Å². The predicted octanol–water partition coefficient (Wildman–Crippen LogP) is 4.15. The van der Waals surface area contributed by atoms with Crippen molar-refractivity contribution < 1.29 is 14.3 Å². The van der Waals surface area contributed by atoms with Crippen molar-refractivity contribution in [2.45, 2.75) is 27.2 Å². The smallest absolute Gasteiger partial charge is 0.282 e. The number of ether oxygens (including phenoxy) is 1. The number of nitrogens with zero attached hydrogens (tertiary/aromatic N) is 2. The van der Waals surface area contributed by atoms with Crippen LogP contribution >= 0.6 is 0 Å². The molecule has 1 aliphatic heterocycles. The number of hydrogen-bond acceptors (Lipinski definition) is 5. The first-order chi connectivity index (χ1) is 14.0. The van der Waals surface area contributed by atoms with E-state index in [-0.39, 0.29) is 11.8 Å². The maximum Gasteiger partial charge on any atom is 0.282 e. The molecule has 7 heteroatoms. The summed E-state index contributed by atoms with van der Waals surface area (Å²) >= 11 is 0. The summed E-state index contributed by atoms with van der Waals surface area (Å²) < 4.78 is 5.60. The van der Waals surface area contributed by atoms with Gasteiger partial charge in [0.25, 0.3) is 5.91 Å². The summed E-state index contributed by atoms with van der Waals surface area (Å²) in [5.41, 5.74) is 3.16. The minimum absolute atomic E-state index is 0.0625. The standard InChI is InChI=1S/C22H24N4O3/c1-4-21(27)24-16-10-12-17(13-11-16)26-22(28)18(15(3)25-26)14-23-19-8-6-7-9-20(19)29-5-2/h6-14,23H,4-5H2,1-3H3,(H,24,27)/b18-14-. The number of hydrazone groups is 1. The Hall–Kier alpha value is -3.61. The lowest BCUT2D eigenvalue weighted by molar-refractivity contribution is -0.116. The summed E-state index contributed by atoms with van der Waals surface area (Å²) in [5.74, 6) is 0.426. The number of carbonyl (C=O) groups is 2. The van der Waals surface area contributed by atoms with Gasteiger partial charge in [-0.2, -0.15) is 10.1 Å². The van der Waals surface area contributed by atoms with E-state index in [9.17, 15) is 9.59 Å². The summed E-state index contributed by atoms with van der Waals surface area (Å²) in [6.45, 7) is 6.05. The van der Waals surface area contributed by atoms with Gasteiger partial charge in [-0.05, 0) is 50.2 Å². The summed E-state index contributed by atoms with van der Waals surface area (Å²) in [5, 5.41) is 11.7. The summed E-state index contributed by atoms with van der Waals surface area (Å²) in [7, 11) is 0. The van der Waals surface area contributed by atoms with Gasteiger partial charge in [-0.1, -0.05) is 19.1 Å². The van der Waals surface area contributed by atoms with E-state index in [4.69, 9.17) is 4.74 Å². The first kappa shape index (κ1) is 20.1. The number of nitrogens with one attached hydrogen (secondary N) is 2. The third kappa shape index (κ3) is 4.63. The van der Waals surface area contributed by atoms with E-state index in [1.54, 1.807) is 44.3 Å². The Kier molecular flexibility index (Phi) is 6.29. The normalized spacial score (nSPS) is 14.7. The van der Waals surface area contributed by atoms with Crippen LogP contribution in [0.3, 0.4) is 0 Å². The van der Waals surface area contributed by atoms with Gasteiger partial charge in [-0.3, -0.25) is 9.59 Å². The van der Waals surface area contributed by atoms with Gasteiger partial charge in [0.05, 0.1) is 29.3 Å². The lowest BCUT2D eigenvalue weighted by Gasteiger charge is -2.13. The number of anilines is 3. The molecule has 0 saturated heterocycles. The van der Waals surface area contributed by atoms with E-state index >= 15 is 0 Å². The fourth-order valence-corrected chi connectivity index (χ4v) is 2.81. The molecule has 0 unspecified atom stereocenters. The van der Waals surface area contributed by atoms with Crippen LogP contribution < -0.4 is 20.4 Å². The second kappa shape index (κ2) is 9.05. The molecule has 1 heterocycles. The Morgan fingerprint density at radius 3 is 2.55 bits per heavy atom. The Morgan fingerprint density at radius 2 is 1.86 bits per heavy atom. The van der Waals surface area contributed by atoms with E-state index in [0.29, 0.717) is 41.4 Å². The Labute approximate surface area is 170 Å². The Morgan fingerprint density at radius 1 is 1.14 bits per heavy atom. The van der Waals surface area contributed by atoms with Gasteiger partial charge in [-0.15, -0.1) is 0 Å². The summed E-state index contributed by atoms with van der Waals surface area (Å²) in [6.07, 6.45) is 2.05. The molecule has 150 valence electrons. The van der Waals surface area contributed by atoms with Crippen LogP contribution in [-0.2, 0) is 9.59 Å². The molecule has 2 aromatic rings. The third-order valence-electron chi connectivity index (χ3n) is 4.34. The molecule has 0 fully saturated rings. The second-order valence-electron chi connectivity index (χ2n) is 6.38. The Balaban J connectivity index is 1.75. The van der Waals surface area contributed by atoms with Gasteiger partial charge >= 0.3 is 0 Å². The number of benzene rings is 2. The van der Waals surface area contributed by atoms with Crippen LogP contribution in [0.15, 0.2) is 65.4 Å². The first-order valence-electron chi connectivity index (χ1n) is 9.52. The van der Waals surface area contributed by atoms with Crippen LogP contribution in [0.4, 0.5) is 17.1 Å². The molecule has 2 N–H and O–H groups in total. The summed E-state index contributed by atoms with van der Waals surface area (Å²) in [4.78, 5) is 24.4. The van der Waals surface area contributed by atoms with Gasteiger partial charge in [0.2, 0.25) is 5.91 Å². The van der Waals surface area contributed by atoms with Crippen molar-refractivity contribution in [3.8, 4) is 5.75 Å². The molecule has 1 aliphatic rings. The maximum atomic E-state index is 12.9. The van der Waals surface area contributed by atoms with Crippen LogP contribution in [-0.4, -0.2) is 24.1 Å². The number of rotatable bonds is 7. The van der Waals surface area contributed by atoms with E-state index in [1.165, 1.54) is 5.01 Å². The van der Waals surface area contributed by atoms with Crippen LogP contribution in [0.2, 0.25) is 0 Å². The average molecular weight is 392 g/mol. The third-order valence-corrected chi connectivity index (χ3v) is 4.34. The zero-order valence-corrected chi connectivity index (χ0v) is 16.7. The van der Waals surface area contributed by atoms with Crippen molar-refractivity contribution >= 4 is 34.6 Å². The highest BCUT2D eigenvalue weighted by Crippen LogP contribution is 2.27. The molecule has 0 saturated carbocycles. The van der Waals surface area contributed by atoms with Crippen molar-refractivity contribution in [2.24, 2.45) is 5.10 Å². The van der Waals surface area contributed by atoms with Crippen molar-refractivity contribution in [2.75, 3.05) is 22.2 Å². The highest BCUT2D eigenvalue weighted by atomic mass is 16.5. The minimum atomic E-state index is -0.228. The molecule has 0 aromatic heterocycles. The molecule has 2 aromatic carbocycles. The quantitative estimate of drug-likeness (QED) is 0.694.